The van der Waals surface area contributed by atoms with Crippen LogP contribution in [-0.2, 0) is 4.79 Å². The van der Waals surface area contributed by atoms with Gasteiger partial charge in [-0.3, -0.25) is 4.79 Å². The first-order valence-electron chi connectivity index (χ1n) is 8.78. The number of likely N-dealkylation sites (N-methyl/N-ethyl adjacent to an activating group) is 1. The number of nitrogens with zero attached hydrogens (tertiary/aromatic N) is 1. The Hall–Kier alpha value is -1.67. The minimum absolute atomic E-state index is 0.265. The molecule has 0 spiro atoms. The van der Waals surface area contributed by atoms with Crippen LogP contribution >= 0.6 is 0 Å². The molecule has 0 fully saturated rings. The van der Waals surface area contributed by atoms with Crippen molar-refractivity contribution in [2.75, 3.05) is 20.6 Å². The zero-order valence-electron chi connectivity index (χ0n) is 16.2. The Balaban J connectivity index is 3.01. The maximum Gasteiger partial charge on any atom is 0.143 e. The fourth-order valence-corrected chi connectivity index (χ4v) is 3.21. The number of aldehydes is 1. The van der Waals surface area contributed by atoms with Gasteiger partial charge in [-0.05, 0) is 75.4 Å². The van der Waals surface area contributed by atoms with Crippen molar-refractivity contribution in [1.82, 2.24) is 4.90 Å². The van der Waals surface area contributed by atoms with Gasteiger partial charge in [0.25, 0.3) is 0 Å². The summed E-state index contributed by atoms with van der Waals surface area (Å²) in [6.07, 6.45) is 16.8. The van der Waals surface area contributed by atoms with E-state index in [0.717, 1.165) is 18.4 Å². The van der Waals surface area contributed by atoms with Crippen LogP contribution in [0.3, 0.4) is 0 Å². The number of hydrogen-bond donors (Lipinski definition) is 0. The Bertz CT molecular complexity index is 583. The molecule has 1 aliphatic rings. The molecule has 0 atom stereocenters. The van der Waals surface area contributed by atoms with E-state index in [1.165, 1.54) is 36.0 Å². The van der Waals surface area contributed by atoms with Gasteiger partial charge in [-0.25, -0.2) is 0 Å². The minimum Gasteiger partial charge on any atom is -0.305 e. The first-order chi connectivity index (χ1) is 11.3. The van der Waals surface area contributed by atoms with Crippen LogP contribution < -0.4 is 0 Å². The highest BCUT2D eigenvalue weighted by Gasteiger charge is 2.26. The fourth-order valence-electron chi connectivity index (χ4n) is 3.21. The monoisotopic (exact) mass is 327 g/mol. The largest absolute Gasteiger partial charge is 0.305 e. The molecule has 1 aliphatic carbocycles. The van der Waals surface area contributed by atoms with E-state index in [9.17, 15) is 4.79 Å². The van der Waals surface area contributed by atoms with Crippen LogP contribution in [0.2, 0.25) is 0 Å². The maximum absolute atomic E-state index is 10.5. The Morgan fingerprint density at radius 3 is 2.50 bits per heavy atom. The third-order valence-electron chi connectivity index (χ3n) is 4.51. The summed E-state index contributed by atoms with van der Waals surface area (Å²) in [5, 5.41) is 0. The molecule has 0 amide bonds. The first kappa shape index (κ1) is 20.4. The number of hydrogen-bond acceptors (Lipinski definition) is 2. The second-order valence-corrected chi connectivity index (χ2v) is 7.65. The van der Waals surface area contributed by atoms with Crippen LogP contribution in [0.25, 0.3) is 0 Å². The van der Waals surface area contributed by atoms with E-state index in [1.807, 2.05) is 19.1 Å². The second kappa shape index (κ2) is 9.58. The summed E-state index contributed by atoms with van der Waals surface area (Å²) in [7, 11) is 4.16. The number of carbonyl (C=O) groups is 1. The summed E-state index contributed by atoms with van der Waals surface area (Å²) in [5.41, 5.74) is 5.49. The number of rotatable bonds is 7. The molecule has 0 unspecified atom stereocenters. The molecule has 132 valence electrons. The molecule has 24 heavy (non-hydrogen) atoms. The van der Waals surface area contributed by atoms with Gasteiger partial charge >= 0.3 is 0 Å². The summed E-state index contributed by atoms with van der Waals surface area (Å²) >= 11 is 0. The smallest absolute Gasteiger partial charge is 0.143 e. The lowest BCUT2D eigenvalue weighted by Gasteiger charge is -2.33. The van der Waals surface area contributed by atoms with Crippen LogP contribution in [0.1, 0.15) is 47.0 Å². The van der Waals surface area contributed by atoms with Crippen molar-refractivity contribution in [3.63, 3.8) is 0 Å². The van der Waals surface area contributed by atoms with E-state index >= 15 is 0 Å². The molecule has 0 aromatic rings. The number of carbonyl (C=O) groups excluding carboxylic acids is 1. The summed E-state index contributed by atoms with van der Waals surface area (Å²) in [6.45, 7) is 9.78. The minimum atomic E-state index is 0.265. The summed E-state index contributed by atoms with van der Waals surface area (Å²) in [5.74, 6) is 0. The van der Waals surface area contributed by atoms with Crippen molar-refractivity contribution in [2.45, 2.75) is 47.0 Å². The van der Waals surface area contributed by atoms with E-state index in [0.29, 0.717) is 0 Å². The second-order valence-electron chi connectivity index (χ2n) is 7.65. The van der Waals surface area contributed by atoms with Gasteiger partial charge in [-0.1, -0.05) is 49.8 Å². The number of allylic oxidation sites excluding steroid dienone is 8. The van der Waals surface area contributed by atoms with E-state index < -0.39 is 0 Å². The normalized spacial score (nSPS) is 19.8. The first-order valence-corrected chi connectivity index (χ1v) is 8.78. The molecule has 1 rings (SSSR count). The topological polar surface area (TPSA) is 20.3 Å². The molecule has 0 heterocycles. The van der Waals surface area contributed by atoms with Gasteiger partial charge in [-0.15, -0.1) is 0 Å². The molecule has 2 nitrogen and oxygen atoms in total. The molecule has 0 saturated carbocycles. The van der Waals surface area contributed by atoms with Crippen LogP contribution in [0.4, 0.5) is 0 Å². The van der Waals surface area contributed by atoms with Crippen LogP contribution in [0, 0.1) is 5.41 Å². The van der Waals surface area contributed by atoms with Gasteiger partial charge in [0.1, 0.15) is 6.29 Å². The van der Waals surface area contributed by atoms with Crippen LogP contribution in [0.15, 0.2) is 58.7 Å². The van der Waals surface area contributed by atoms with Gasteiger partial charge in [0.2, 0.25) is 0 Å². The maximum atomic E-state index is 10.5. The van der Waals surface area contributed by atoms with Crippen LogP contribution in [0.5, 0.6) is 0 Å². The van der Waals surface area contributed by atoms with Crippen molar-refractivity contribution in [3.8, 4) is 0 Å². The lowest BCUT2D eigenvalue weighted by atomic mass is 9.72. The zero-order valence-corrected chi connectivity index (χ0v) is 16.2. The molecule has 0 radical (unpaired) electrons. The van der Waals surface area contributed by atoms with Gasteiger partial charge in [0, 0.05) is 6.54 Å². The predicted molar refractivity (Wildman–Crippen MR) is 105 cm³/mol. The lowest BCUT2D eigenvalue weighted by molar-refractivity contribution is -0.104. The van der Waals surface area contributed by atoms with Gasteiger partial charge in [-0.2, -0.15) is 0 Å². The molecular weight excluding hydrogens is 294 g/mol. The van der Waals surface area contributed by atoms with Crippen molar-refractivity contribution in [2.24, 2.45) is 5.41 Å². The van der Waals surface area contributed by atoms with E-state index in [-0.39, 0.29) is 5.41 Å². The highest BCUT2D eigenvalue weighted by Crippen LogP contribution is 2.40. The Morgan fingerprint density at radius 2 is 1.92 bits per heavy atom. The average molecular weight is 328 g/mol. The molecule has 0 aliphatic heterocycles. The Kier molecular flexibility index (Phi) is 8.14. The predicted octanol–water partition coefficient (Wildman–Crippen LogP) is 5.26. The molecular formula is C22H33NO. The molecule has 0 aromatic carbocycles. The fraction of sp³-hybridized carbons (Fsp3) is 0.500. The lowest BCUT2D eigenvalue weighted by Crippen LogP contribution is -2.19. The van der Waals surface area contributed by atoms with Crippen molar-refractivity contribution < 1.29 is 4.79 Å². The highest BCUT2D eigenvalue weighted by atomic mass is 16.1. The van der Waals surface area contributed by atoms with Crippen LogP contribution in [-0.4, -0.2) is 31.8 Å². The molecule has 0 aromatic heterocycles. The third-order valence-corrected chi connectivity index (χ3v) is 4.51. The Labute approximate surface area is 148 Å². The van der Waals surface area contributed by atoms with E-state index in [1.54, 1.807) is 6.08 Å². The summed E-state index contributed by atoms with van der Waals surface area (Å²) in [4.78, 5) is 12.7. The Morgan fingerprint density at radius 1 is 1.21 bits per heavy atom. The molecule has 0 N–H and O–H groups in total. The highest BCUT2D eigenvalue weighted by molar-refractivity contribution is 5.66. The van der Waals surface area contributed by atoms with Crippen molar-refractivity contribution in [3.05, 3.63) is 58.7 Å². The van der Waals surface area contributed by atoms with E-state index in [2.05, 4.69) is 58.0 Å². The van der Waals surface area contributed by atoms with Gasteiger partial charge in [0.05, 0.1) is 0 Å². The molecule has 0 saturated heterocycles. The quantitative estimate of drug-likeness (QED) is 0.361. The van der Waals surface area contributed by atoms with Crippen molar-refractivity contribution in [1.29, 1.82) is 0 Å². The van der Waals surface area contributed by atoms with E-state index in [4.69, 9.17) is 0 Å². The molecule has 2 heteroatoms. The molecule has 0 bridgehead atoms. The van der Waals surface area contributed by atoms with Gasteiger partial charge in [0.15, 0.2) is 0 Å². The third kappa shape index (κ3) is 6.84. The standard InChI is InChI=1S/C22H33NO/c1-18(14-16-24)9-7-11-20(17-23(5)6)12-13-21-19(2)10-8-15-22(21,3)4/h7,9,11-14,16H,8,10,15,17H2,1-6H3/b9-7+,13-12+,18-14+,20-11+. The van der Waals surface area contributed by atoms with Crippen molar-refractivity contribution >= 4 is 6.29 Å². The zero-order chi connectivity index (χ0) is 18.2. The SMILES string of the molecule is CC1=C(/C=C/C(=C\C=C\C(C)=C\C=O)CN(C)C)C(C)(C)CCC1. The van der Waals surface area contributed by atoms with Gasteiger partial charge < -0.3 is 4.90 Å². The average Bonchev–Trinajstić information content (AvgIpc) is 2.45. The summed E-state index contributed by atoms with van der Waals surface area (Å²) in [6, 6.07) is 0. The summed E-state index contributed by atoms with van der Waals surface area (Å²) < 4.78 is 0.